The number of nitriles is 4. The summed E-state index contributed by atoms with van der Waals surface area (Å²) in [7, 11) is 0. The summed E-state index contributed by atoms with van der Waals surface area (Å²) in [6.07, 6.45) is 0. The summed E-state index contributed by atoms with van der Waals surface area (Å²) in [5.41, 5.74) is 9.03. The number of thiophene rings is 2. The molecule has 9 aromatic rings. The molecule has 0 saturated carbocycles. The lowest BCUT2D eigenvalue weighted by Crippen LogP contribution is -1.94. The molecule has 7 aromatic carbocycles. The van der Waals surface area contributed by atoms with Crippen LogP contribution in [0.3, 0.4) is 0 Å². The van der Waals surface area contributed by atoms with Crippen molar-refractivity contribution >= 4 is 63.0 Å². The SMILES string of the molecule is N#Cc1ccc2sc3ccc(-c4cc(-c5ccc6sc7ccc(C#N)cc7c6c5)cc(-c5c(C#N)cc(-c6ccccc6)cc5C#N)c4)cc3c2c1. The van der Waals surface area contributed by atoms with Gasteiger partial charge in [-0.2, -0.15) is 21.0 Å². The number of nitrogens with zero attached hydrogens (tertiary/aromatic N) is 4. The van der Waals surface area contributed by atoms with Gasteiger partial charge in [-0.1, -0.05) is 42.5 Å². The first kappa shape index (κ1) is 31.0. The highest BCUT2D eigenvalue weighted by atomic mass is 32.1. The average Bonchev–Trinajstić information content (AvgIpc) is 3.76. The molecule has 0 fully saturated rings. The molecule has 0 amide bonds. The molecule has 238 valence electrons. The van der Waals surface area contributed by atoms with Gasteiger partial charge < -0.3 is 0 Å². The molecule has 2 heterocycles. The molecular formula is C46H22N4S2. The number of hydrogen-bond donors (Lipinski definition) is 0. The van der Waals surface area contributed by atoms with Crippen LogP contribution in [-0.4, -0.2) is 0 Å². The van der Waals surface area contributed by atoms with Crippen LogP contribution in [0.25, 0.3) is 84.9 Å². The highest BCUT2D eigenvalue weighted by Gasteiger charge is 2.18. The fourth-order valence-electron chi connectivity index (χ4n) is 7.08. The Kier molecular flexibility index (Phi) is 7.36. The van der Waals surface area contributed by atoms with Gasteiger partial charge in [-0.25, -0.2) is 0 Å². The highest BCUT2D eigenvalue weighted by Crippen LogP contribution is 2.42. The molecule has 52 heavy (non-hydrogen) atoms. The summed E-state index contributed by atoms with van der Waals surface area (Å²) in [4.78, 5) is 0. The second kappa shape index (κ2) is 12.4. The molecule has 2 aromatic heterocycles. The molecule has 0 atom stereocenters. The number of benzene rings is 7. The van der Waals surface area contributed by atoms with E-state index in [9.17, 15) is 21.0 Å². The minimum Gasteiger partial charge on any atom is -0.192 e. The molecular weight excluding hydrogens is 673 g/mol. The van der Waals surface area contributed by atoms with Crippen LogP contribution >= 0.6 is 22.7 Å². The van der Waals surface area contributed by atoms with Crippen molar-refractivity contribution in [3.8, 4) is 68.8 Å². The first-order chi connectivity index (χ1) is 25.5. The largest absolute Gasteiger partial charge is 0.192 e. The van der Waals surface area contributed by atoms with Crippen molar-refractivity contribution in [2.75, 3.05) is 0 Å². The smallest absolute Gasteiger partial charge is 0.0998 e. The van der Waals surface area contributed by atoms with Crippen molar-refractivity contribution in [1.82, 2.24) is 0 Å². The second-order valence-electron chi connectivity index (χ2n) is 12.6. The first-order valence-corrected chi connectivity index (χ1v) is 18.1. The summed E-state index contributed by atoms with van der Waals surface area (Å²) in [6.45, 7) is 0. The average molecular weight is 695 g/mol. The van der Waals surface area contributed by atoms with Crippen LogP contribution in [0, 0.1) is 45.3 Å². The first-order valence-electron chi connectivity index (χ1n) is 16.5. The molecule has 6 heteroatoms. The van der Waals surface area contributed by atoms with Crippen molar-refractivity contribution in [1.29, 1.82) is 21.0 Å². The van der Waals surface area contributed by atoms with Gasteiger partial charge in [0.25, 0.3) is 0 Å². The van der Waals surface area contributed by atoms with Crippen molar-refractivity contribution in [2.24, 2.45) is 0 Å². The maximum Gasteiger partial charge on any atom is 0.0998 e. The summed E-state index contributed by atoms with van der Waals surface area (Å²) < 4.78 is 4.50. The molecule has 0 aliphatic carbocycles. The number of hydrogen-bond acceptors (Lipinski definition) is 6. The zero-order valence-electron chi connectivity index (χ0n) is 27.3. The van der Waals surface area contributed by atoms with E-state index in [-0.39, 0.29) is 0 Å². The lowest BCUT2D eigenvalue weighted by molar-refractivity contribution is 1.43. The van der Waals surface area contributed by atoms with Gasteiger partial charge in [0.1, 0.15) is 0 Å². The van der Waals surface area contributed by atoms with Crippen molar-refractivity contribution in [2.45, 2.75) is 0 Å². The van der Waals surface area contributed by atoms with Crippen LogP contribution in [0.1, 0.15) is 22.3 Å². The quantitative estimate of drug-likeness (QED) is 0.183. The Bertz CT molecular complexity index is 2940. The second-order valence-corrected chi connectivity index (χ2v) is 14.8. The minimum absolute atomic E-state index is 0.424. The number of rotatable bonds is 4. The van der Waals surface area contributed by atoms with Crippen LogP contribution in [0.15, 0.2) is 133 Å². The molecule has 0 bridgehead atoms. The Morgan fingerprint density at radius 3 is 1.21 bits per heavy atom. The Morgan fingerprint density at radius 2 is 0.750 bits per heavy atom. The predicted octanol–water partition coefficient (Wildman–Crippen LogP) is 12.6. The molecule has 4 nitrogen and oxygen atoms in total. The van der Waals surface area contributed by atoms with Gasteiger partial charge in [0.15, 0.2) is 0 Å². The van der Waals surface area contributed by atoms with Gasteiger partial charge in [0.2, 0.25) is 0 Å². The van der Waals surface area contributed by atoms with Crippen LogP contribution in [0.4, 0.5) is 0 Å². The molecule has 0 aliphatic heterocycles. The normalized spacial score (nSPS) is 11.0. The molecule has 0 saturated heterocycles. The van der Waals surface area contributed by atoms with Crippen LogP contribution in [0.2, 0.25) is 0 Å². The van der Waals surface area contributed by atoms with Gasteiger partial charge in [-0.15, -0.1) is 22.7 Å². The van der Waals surface area contributed by atoms with Crippen molar-refractivity contribution in [3.05, 3.63) is 156 Å². The van der Waals surface area contributed by atoms with E-state index in [1.54, 1.807) is 22.7 Å². The van der Waals surface area contributed by atoms with Crippen LogP contribution in [0.5, 0.6) is 0 Å². The van der Waals surface area contributed by atoms with Crippen molar-refractivity contribution < 1.29 is 0 Å². The fourth-order valence-corrected chi connectivity index (χ4v) is 9.22. The predicted molar refractivity (Wildman–Crippen MR) is 213 cm³/mol. The third-order valence-electron chi connectivity index (χ3n) is 9.57. The van der Waals surface area contributed by atoms with Crippen molar-refractivity contribution in [3.63, 3.8) is 0 Å². The van der Waals surface area contributed by atoms with Gasteiger partial charge >= 0.3 is 0 Å². The summed E-state index contributed by atoms with van der Waals surface area (Å²) >= 11 is 3.40. The van der Waals surface area contributed by atoms with E-state index < -0.39 is 0 Å². The fraction of sp³-hybridized carbons (Fsp3) is 0. The van der Waals surface area contributed by atoms with Crippen LogP contribution in [-0.2, 0) is 0 Å². The highest BCUT2D eigenvalue weighted by molar-refractivity contribution is 7.26. The maximum atomic E-state index is 10.5. The lowest BCUT2D eigenvalue weighted by atomic mass is 9.87. The standard InChI is InChI=1S/C46H22N4S2/c47-23-27-6-10-42-38(14-27)40-21-30(8-12-44(40)51-42)33-16-34(31-9-13-45-41(22-31)39-15-28(24-48)7-11-43(39)52-45)18-35(17-33)46-36(25-49)19-32(20-37(46)26-50)29-4-2-1-3-5-29/h1-22H. The molecule has 0 radical (unpaired) electrons. The topological polar surface area (TPSA) is 95.2 Å². The summed E-state index contributed by atoms with van der Waals surface area (Å²) in [5, 5.41) is 44.5. The Hall–Kier alpha value is -7.06. The van der Waals surface area contributed by atoms with Gasteiger partial charge in [0.05, 0.1) is 46.5 Å². The van der Waals surface area contributed by atoms with E-state index in [2.05, 4.69) is 78.9 Å². The third kappa shape index (κ3) is 5.16. The van der Waals surface area contributed by atoms with E-state index >= 15 is 0 Å². The summed E-state index contributed by atoms with van der Waals surface area (Å²) in [5.74, 6) is 0. The summed E-state index contributed by atoms with van der Waals surface area (Å²) in [6, 6.07) is 53.6. The van der Waals surface area contributed by atoms with Gasteiger partial charge in [0, 0.05) is 45.9 Å². The Morgan fingerprint density at radius 1 is 0.327 bits per heavy atom. The minimum atomic E-state index is 0.424. The lowest BCUT2D eigenvalue weighted by Gasteiger charge is -2.15. The zero-order chi connectivity index (χ0) is 35.3. The molecule has 0 aliphatic rings. The Labute approximate surface area is 307 Å². The third-order valence-corrected chi connectivity index (χ3v) is 11.9. The van der Waals surface area contributed by atoms with E-state index in [0.29, 0.717) is 27.8 Å². The van der Waals surface area contributed by atoms with Gasteiger partial charge in [-0.3, -0.25) is 0 Å². The maximum absolute atomic E-state index is 10.5. The monoisotopic (exact) mass is 694 g/mol. The van der Waals surface area contributed by atoms with E-state index in [1.165, 1.54) is 0 Å². The zero-order valence-corrected chi connectivity index (χ0v) is 28.9. The molecule has 9 rings (SSSR count). The van der Waals surface area contributed by atoms with E-state index in [0.717, 1.165) is 79.3 Å². The Balaban J connectivity index is 1.30. The van der Waals surface area contributed by atoms with Gasteiger partial charge in [-0.05, 0) is 130 Å². The van der Waals surface area contributed by atoms with Crippen LogP contribution < -0.4 is 0 Å². The van der Waals surface area contributed by atoms with E-state index in [1.807, 2.05) is 78.9 Å². The molecule has 0 N–H and O–H groups in total. The number of fused-ring (bicyclic) bond motifs is 6. The van der Waals surface area contributed by atoms with E-state index in [4.69, 9.17) is 0 Å². The molecule has 0 unspecified atom stereocenters. The molecule has 0 spiro atoms.